The Labute approximate surface area is 119 Å². The SMILES string of the molecule is OC(CC1CC2CCC1C2)c1cccc2nccnc12. The molecule has 2 fully saturated rings. The highest BCUT2D eigenvalue weighted by Gasteiger charge is 2.40. The Morgan fingerprint density at radius 3 is 2.85 bits per heavy atom. The Kier molecular flexibility index (Phi) is 2.95. The Hall–Kier alpha value is -1.48. The summed E-state index contributed by atoms with van der Waals surface area (Å²) in [5.74, 6) is 2.50. The maximum Gasteiger partial charge on any atom is 0.0944 e. The van der Waals surface area contributed by atoms with Crippen LogP contribution in [0.4, 0.5) is 0 Å². The zero-order valence-electron chi connectivity index (χ0n) is 11.6. The number of aromatic nitrogens is 2. The first kappa shape index (κ1) is 12.3. The number of hydrogen-bond donors (Lipinski definition) is 1. The van der Waals surface area contributed by atoms with E-state index in [9.17, 15) is 5.11 Å². The summed E-state index contributed by atoms with van der Waals surface area (Å²) in [5, 5.41) is 10.6. The van der Waals surface area contributed by atoms with Crippen LogP contribution >= 0.6 is 0 Å². The summed E-state index contributed by atoms with van der Waals surface area (Å²) in [5.41, 5.74) is 2.67. The molecule has 2 aliphatic rings. The summed E-state index contributed by atoms with van der Waals surface area (Å²) in [6.45, 7) is 0. The van der Waals surface area contributed by atoms with Crippen LogP contribution in [0.3, 0.4) is 0 Å². The van der Waals surface area contributed by atoms with Gasteiger partial charge in [-0.05, 0) is 49.5 Å². The van der Waals surface area contributed by atoms with Gasteiger partial charge in [0.05, 0.1) is 17.1 Å². The van der Waals surface area contributed by atoms with Gasteiger partial charge in [0.2, 0.25) is 0 Å². The Morgan fingerprint density at radius 1 is 1.15 bits per heavy atom. The summed E-state index contributed by atoms with van der Waals surface area (Å²) in [4.78, 5) is 8.72. The molecule has 0 spiro atoms. The van der Waals surface area contributed by atoms with E-state index in [0.717, 1.165) is 34.9 Å². The fourth-order valence-corrected chi connectivity index (χ4v) is 4.36. The first-order chi connectivity index (χ1) is 9.81. The molecule has 3 nitrogen and oxygen atoms in total. The quantitative estimate of drug-likeness (QED) is 0.926. The molecule has 2 aliphatic carbocycles. The Bertz CT molecular complexity index is 622. The van der Waals surface area contributed by atoms with Crippen LogP contribution in [0.15, 0.2) is 30.6 Å². The van der Waals surface area contributed by atoms with Gasteiger partial charge in [-0.3, -0.25) is 9.97 Å². The van der Waals surface area contributed by atoms with Gasteiger partial charge in [-0.15, -0.1) is 0 Å². The van der Waals surface area contributed by atoms with E-state index in [1.54, 1.807) is 12.4 Å². The van der Waals surface area contributed by atoms with Crippen LogP contribution in [0.2, 0.25) is 0 Å². The lowest BCUT2D eigenvalue weighted by atomic mass is 9.83. The molecule has 20 heavy (non-hydrogen) atoms. The van der Waals surface area contributed by atoms with Crippen molar-refractivity contribution < 1.29 is 5.11 Å². The Balaban J connectivity index is 1.59. The Morgan fingerprint density at radius 2 is 2.05 bits per heavy atom. The van der Waals surface area contributed by atoms with Gasteiger partial charge in [0, 0.05) is 18.0 Å². The molecular formula is C17H20N2O. The number of para-hydroxylation sites is 1. The van der Waals surface area contributed by atoms with Crippen molar-refractivity contribution >= 4 is 11.0 Å². The van der Waals surface area contributed by atoms with Gasteiger partial charge in [-0.1, -0.05) is 18.6 Å². The first-order valence-corrected chi connectivity index (χ1v) is 7.69. The molecule has 2 bridgehead atoms. The third kappa shape index (κ3) is 2.01. The zero-order valence-corrected chi connectivity index (χ0v) is 11.6. The van der Waals surface area contributed by atoms with Crippen molar-refractivity contribution in [2.45, 2.75) is 38.2 Å². The summed E-state index contributed by atoms with van der Waals surface area (Å²) < 4.78 is 0. The fraction of sp³-hybridized carbons (Fsp3) is 0.529. The van der Waals surface area contributed by atoms with Crippen LogP contribution in [-0.4, -0.2) is 15.1 Å². The lowest BCUT2D eigenvalue weighted by molar-refractivity contribution is 0.126. The maximum atomic E-state index is 10.6. The minimum atomic E-state index is -0.403. The van der Waals surface area contributed by atoms with E-state index in [0.29, 0.717) is 5.92 Å². The average Bonchev–Trinajstić information content (AvgIpc) is 3.09. The monoisotopic (exact) mass is 268 g/mol. The van der Waals surface area contributed by atoms with Crippen LogP contribution < -0.4 is 0 Å². The summed E-state index contributed by atoms with van der Waals surface area (Å²) >= 11 is 0. The predicted octanol–water partition coefficient (Wildman–Crippen LogP) is 3.49. The highest BCUT2D eigenvalue weighted by molar-refractivity contribution is 5.77. The van der Waals surface area contributed by atoms with Crippen molar-refractivity contribution in [2.24, 2.45) is 17.8 Å². The standard InChI is InChI=1S/C17H20N2O/c20-16(10-13-9-11-4-5-12(13)8-11)14-2-1-3-15-17(14)19-7-6-18-15/h1-3,6-7,11-13,16,20H,4-5,8-10H2. The highest BCUT2D eigenvalue weighted by atomic mass is 16.3. The molecule has 2 saturated carbocycles. The van der Waals surface area contributed by atoms with Gasteiger partial charge in [0.25, 0.3) is 0 Å². The predicted molar refractivity (Wildman–Crippen MR) is 78.1 cm³/mol. The second-order valence-corrected chi connectivity index (χ2v) is 6.46. The molecule has 0 aliphatic heterocycles. The first-order valence-electron chi connectivity index (χ1n) is 7.69. The number of hydrogen-bond acceptors (Lipinski definition) is 3. The van der Waals surface area contributed by atoms with E-state index in [1.807, 2.05) is 18.2 Å². The number of benzene rings is 1. The van der Waals surface area contributed by atoms with E-state index < -0.39 is 6.10 Å². The number of rotatable bonds is 3. The zero-order chi connectivity index (χ0) is 13.5. The van der Waals surface area contributed by atoms with Crippen molar-refractivity contribution in [2.75, 3.05) is 0 Å². The number of aliphatic hydroxyl groups excluding tert-OH is 1. The van der Waals surface area contributed by atoms with E-state index in [4.69, 9.17) is 0 Å². The summed E-state index contributed by atoms with van der Waals surface area (Å²) in [6, 6.07) is 5.92. The lowest BCUT2D eigenvalue weighted by Crippen LogP contribution is -2.14. The van der Waals surface area contributed by atoms with E-state index in [1.165, 1.54) is 25.7 Å². The third-order valence-corrected chi connectivity index (χ3v) is 5.30. The van der Waals surface area contributed by atoms with Crippen molar-refractivity contribution in [3.8, 4) is 0 Å². The van der Waals surface area contributed by atoms with Gasteiger partial charge < -0.3 is 5.11 Å². The topological polar surface area (TPSA) is 46.0 Å². The highest BCUT2D eigenvalue weighted by Crippen LogP contribution is 2.51. The summed E-state index contributed by atoms with van der Waals surface area (Å²) in [7, 11) is 0. The number of aliphatic hydroxyl groups is 1. The van der Waals surface area contributed by atoms with E-state index >= 15 is 0 Å². The van der Waals surface area contributed by atoms with Crippen LogP contribution in [0.5, 0.6) is 0 Å². The average molecular weight is 268 g/mol. The van der Waals surface area contributed by atoms with Crippen molar-refractivity contribution in [3.63, 3.8) is 0 Å². The smallest absolute Gasteiger partial charge is 0.0944 e. The number of nitrogens with zero attached hydrogens (tertiary/aromatic N) is 2. The van der Waals surface area contributed by atoms with E-state index in [2.05, 4.69) is 9.97 Å². The molecule has 2 aromatic rings. The molecule has 0 radical (unpaired) electrons. The van der Waals surface area contributed by atoms with Gasteiger partial charge in [-0.2, -0.15) is 0 Å². The minimum absolute atomic E-state index is 0.403. The molecule has 1 N–H and O–H groups in total. The second kappa shape index (κ2) is 4.81. The molecule has 3 heteroatoms. The molecule has 4 unspecified atom stereocenters. The fourth-order valence-electron chi connectivity index (χ4n) is 4.36. The van der Waals surface area contributed by atoms with E-state index in [-0.39, 0.29) is 0 Å². The van der Waals surface area contributed by atoms with Crippen LogP contribution in [0.25, 0.3) is 11.0 Å². The number of fused-ring (bicyclic) bond motifs is 3. The third-order valence-electron chi connectivity index (χ3n) is 5.30. The van der Waals surface area contributed by atoms with Gasteiger partial charge >= 0.3 is 0 Å². The van der Waals surface area contributed by atoms with Crippen molar-refractivity contribution in [1.29, 1.82) is 0 Å². The molecule has 0 saturated heterocycles. The second-order valence-electron chi connectivity index (χ2n) is 6.46. The van der Waals surface area contributed by atoms with Crippen LogP contribution in [0.1, 0.15) is 43.8 Å². The largest absolute Gasteiger partial charge is 0.388 e. The minimum Gasteiger partial charge on any atom is -0.388 e. The molecule has 0 amide bonds. The molecule has 4 rings (SSSR count). The lowest BCUT2D eigenvalue weighted by Gasteiger charge is -2.24. The normalized spacial score (nSPS) is 29.9. The van der Waals surface area contributed by atoms with Gasteiger partial charge in [0.15, 0.2) is 0 Å². The molecule has 1 aromatic heterocycles. The molecule has 104 valence electrons. The van der Waals surface area contributed by atoms with Crippen molar-refractivity contribution in [3.05, 3.63) is 36.2 Å². The molecule has 4 atom stereocenters. The van der Waals surface area contributed by atoms with Crippen molar-refractivity contribution in [1.82, 2.24) is 9.97 Å². The maximum absolute atomic E-state index is 10.6. The van der Waals surface area contributed by atoms with Gasteiger partial charge in [0.1, 0.15) is 0 Å². The van der Waals surface area contributed by atoms with Crippen LogP contribution in [-0.2, 0) is 0 Å². The molecular weight excluding hydrogens is 248 g/mol. The van der Waals surface area contributed by atoms with Crippen LogP contribution in [0, 0.1) is 17.8 Å². The summed E-state index contributed by atoms with van der Waals surface area (Å²) in [6.07, 6.45) is 9.39. The molecule has 1 heterocycles. The van der Waals surface area contributed by atoms with Gasteiger partial charge in [-0.25, -0.2) is 0 Å². The molecule has 1 aromatic carbocycles.